The molecule has 6 aromatic rings. The van der Waals surface area contributed by atoms with Gasteiger partial charge in [-0.25, -0.2) is 29.9 Å². The molecule has 2 aliphatic heterocycles. The van der Waals surface area contributed by atoms with E-state index in [2.05, 4.69) is 16.5 Å². The van der Waals surface area contributed by atoms with Gasteiger partial charge in [0.2, 0.25) is 0 Å². The molecule has 1 aliphatic carbocycles. The average Bonchev–Trinajstić information content (AvgIpc) is 3.72. The number of fused-ring (bicyclic) bond motifs is 20. The van der Waals surface area contributed by atoms with Crippen molar-refractivity contribution in [3.63, 3.8) is 0 Å². The van der Waals surface area contributed by atoms with Crippen molar-refractivity contribution in [2.24, 2.45) is 0 Å². The largest absolute Gasteiger partial charge is 0.324 e. The molecule has 2 N–H and O–H groups in total. The first-order chi connectivity index (χ1) is 20.2. The molecule has 3 aliphatic rings. The van der Waals surface area contributed by atoms with Crippen molar-refractivity contribution >= 4 is 39.4 Å². The van der Waals surface area contributed by atoms with E-state index in [-0.39, 0.29) is 0 Å². The van der Waals surface area contributed by atoms with E-state index in [0.717, 1.165) is 49.7 Å². The Balaban J connectivity index is 1.49. The highest BCUT2D eigenvalue weighted by Crippen LogP contribution is 2.37. The lowest BCUT2D eigenvalue weighted by atomic mass is 9.98. The molecule has 0 spiro atoms. The Kier molecular flexibility index (Phi) is 4.38. The second-order valence-corrected chi connectivity index (χ2v) is 10.3. The molecule has 0 fully saturated rings. The lowest BCUT2D eigenvalue weighted by Crippen LogP contribution is -1.94. The monoisotopic (exact) mass is 528 g/mol. The van der Waals surface area contributed by atoms with Crippen LogP contribution < -0.4 is 0 Å². The Labute approximate surface area is 233 Å². The molecule has 8 heteroatoms. The summed E-state index contributed by atoms with van der Waals surface area (Å²) in [6, 6.07) is 24.2. The van der Waals surface area contributed by atoms with Crippen LogP contribution in [0.4, 0.5) is 0 Å². The van der Waals surface area contributed by atoms with Gasteiger partial charge in [-0.1, -0.05) is 97.1 Å². The van der Waals surface area contributed by atoms with Gasteiger partial charge in [0.05, 0.1) is 0 Å². The van der Waals surface area contributed by atoms with Gasteiger partial charge in [0.1, 0.15) is 22.6 Å². The number of nitrogens with zero attached hydrogens (tertiary/aromatic N) is 6. The predicted octanol–water partition coefficient (Wildman–Crippen LogP) is 6.84. The summed E-state index contributed by atoms with van der Waals surface area (Å²) in [6.07, 6.45) is 4.74. The van der Waals surface area contributed by atoms with Crippen LogP contribution in [0.5, 0.6) is 0 Å². The fourth-order valence-electron chi connectivity index (χ4n) is 5.83. The van der Waals surface area contributed by atoms with Gasteiger partial charge in [-0.15, -0.1) is 0 Å². The molecule has 3 aromatic heterocycles. The highest BCUT2D eigenvalue weighted by atomic mass is 15.1. The fourth-order valence-corrected chi connectivity index (χ4v) is 5.83. The first-order valence-corrected chi connectivity index (χ1v) is 13.4. The Morgan fingerprint density at radius 1 is 0.488 bits per heavy atom. The van der Waals surface area contributed by atoms with E-state index >= 15 is 0 Å². The SMILES string of the molecule is C=C1C=Cc2c(c3nc4nc(nc5[nH]c(nc6nc(nc2[nH]3)-c2ccccc2-6)c2ccccc52)-c2ccccc2-4)C1. The maximum Gasteiger partial charge on any atom is 0.164 e. The molecule has 8 bridgehead atoms. The van der Waals surface area contributed by atoms with Crippen molar-refractivity contribution in [3.8, 4) is 45.6 Å². The molecule has 9 rings (SSSR count). The summed E-state index contributed by atoms with van der Waals surface area (Å²) in [5.41, 5.74) is 9.49. The lowest BCUT2D eigenvalue weighted by molar-refractivity contribution is 1.17. The van der Waals surface area contributed by atoms with Crippen molar-refractivity contribution in [1.82, 2.24) is 39.9 Å². The zero-order valence-electron chi connectivity index (χ0n) is 21.7. The third-order valence-electron chi connectivity index (χ3n) is 7.78. The number of aromatic amines is 2. The minimum Gasteiger partial charge on any atom is -0.324 e. The Morgan fingerprint density at radius 3 is 1.46 bits per heavy atom. The molecule has 0 saturated heterocycles. The molecule has 0 radical (unpaired) electrons. The van der Waals surface area contributed by atoms with Gasteiger partial charge in [-0.05, 0) is 0 Å². The van der Waals surface area contributed by atoms with Crippen LogP contribution in [0.15, 0.2) is 91.0 Å². The number of H-pyrrole nitrogens is 2. The van der Waals surface area contributed by atoms with E-state index in [1.807, 2.05) is 84.9 Å². The summed E-state index contributed by atoms with van der Waals surface area (Å²) in [7, 11) is 0. The number of nitrogens with one attached hydrogen (secondary N) is 2. The molecular formula is C33H20N8. The minimum absolute atomic E-state index is 0.596. The van der Waals surface area contributed by atoms with Crippen LogP contribution in [0.1, 0.15) is 11.1 Å². The molecule has 192 valence electrons. The number of allylic oxidation sites excluding steroid dienone is 2. The highest BCUT2D eigenvalue weighted by molar-refractivity contribution is 6.05. The molecule has 0 amide bonds. The van der Waals surface area contributed by atoms with Crippen molar-refractivity contribution < 1.29 is 0 Å². The second kappa shape index (κ2) is 8.12. The van der Waals surface area contributed by atoms with E-state index in [9.17, 15) is 0 Å². The van der Waals surface area contributed by atoms with E-state index in [1.165, 1.54) is 0 Å². The van der Waals surface area contributed by atoms with Crippen molar-refractivity contribution in [1.29, 1.82) is 0 Å². The van der Waals surface area contributed by atoms with E-state index in [1.54, 1.807) is 0 Å². The molecule has 0 atom stereocenters. The van der Waals surface area contributed by atoms with Gasteiger partial charge in [0.25, 0.3) is 0 Å². The molecule has 0 unspecified atom stereocenters. The van der Waals surface area contributed by atoms with Gasteiger partial charge in [0.15, 0.2) is 23.3 Å². The van der Waals surface area contributed by atoms with Gasteiger partial charge >= 0.3 is 0 Å². The predicted molar refractivity (Wildman–Crippen MR) is 160 cm³/mol. The summed E-state index contributed by atoms with van der Waals surface area (Å²) in [6.45, 7) is 4.20. The molecule has 0 saturated carbocycles. The Bertz CT molecular complexity index is 2320. The normalized spacial score (nSPS) is 13.2. The maximum absolute atomic E-state index is 5.06. The van der Waals surface area contributed by atoms with Crippen LogP contribution in [0.25, 0.3) is 85.0 Å². The summed E-state index contributed by atoms with van der Waals surface area (Å²) >= 11 is 0. The van der Waals surface area contributed by atoms with Crippen molar-refractivity contribution in [2.75, 3.05) is 0 Å². The quantitative estimate of drug-likeness (QED) is 0.223. The Morgan fingerprint density at radius 2 is 0.927 bits per heavy atom. The van der Waals surface area contributed by atoms with Crippen LogP contribution >= 0.6 is 0 Å². The first kappa shape index (κ1) is 22.1. The number of benzene rings is 3. The summed E-state index contributed by atoms with van der Waals surface area (Å²) in [5.74, 6) is 2.39. The summed E-state index contributed by atoms with van der Waals surface area (Å²) in [5, 5.41) is 1.91. The standard InChI is InChI=1S/C33H20N8/c1-17-14-15-24-25(16-17)33-40-31-23-13-7-6-12-22(23)29(38-31)36-27-19-9-3-2-8-18(19)26(34-27)35-28-20-10-4-5-11-21(20)30(37-28)39-32(24)41-33/h2-15H,1,16H2,(H2,34,35,36,37,38,39,40,41). The average molecular weight is 529 g/mol. The van der Waals surface area contributed by atoms with Crippen LogP contribution in [0.3, 0.4) is 0 Å². The zero-order valence-corrected chi connectivity index (χ0v) is 21.7. The van der Waals surface area contributed by atoms with E-state index in [4.69, 9.17) is 29.9 Å². The van der Waals surface area contributed by atoms with Crippen LogP contribution in [-0.4, -0.2) is 39.9 Å². The summed E-state index contributed by atoms with van der Waals surface area (Å²) < 4.78 is 0. The van der Waals surface area contributed by atoms with Gasteiger partial charge in [0, 0.05) is 50.6 Å². The van der Waals surface area contributed by atoms with Crippen LogP contribution in [0.2, 0.25) is 0 Å². The molecule has 41 heavy (non-hydrogen) atoms. The minimum atomic E-state index is 0.596. The third-order valence-corrected chi connectivity index (χ3v) is 7.78. The topological polar surface area (TPSA) is 109 Å². The second-order valence-electron chi connectivity index (χ2n) is 10.3. The first-order valence-electron chi connectivity index (χ1n) is 13.4. The number of rotatable bonds is 0. The van der Waals surface area contributed by atoms with Crippen LogP contribution in [-0.2, 0) is 6.42 Å². The zero-order chi connectivity index (χ0) is 27.1. The third kappa shape index (κ3) is 3.28. The van der Waals surface area contributed by atoms with Crippen molar-refractivity contribution in [2.45, 2.75) is 6.42 Å². The fraction of sp³-hybridized carbons (Fsp3) is 0.0303. The van der Waals surface area contributed by atoms with Crippen LogP contribution in [0, 0.1) is 0 Å². The summed E-state index contributed by atoms with van der Waals surface area (Å²) in [4.78, 5) is 36.9. The number of hydrogen-bond acceptors (Lipinski definition) is 6. The van der Waals surface area contributed by atoms with Gasteiger partial charge in [-0.2, -0.15) is 0 Å². The maximum atomic E-state index is 5.06. The molecule has 5 heterocycles. The van der Waals surface area contributed by atoms with Gasteiger partial charge in [-0.3, -0.25) is 0 Å². The Hall–Kier alpha value is -5.76. The van der Waals surface area contributed by atoms with Gasteiger partial charge < -0.3 is 9.97 Å². The smallest absolute Gasteiger partial charge is 0.164 e. The highest BCUT2D eigenvalue weighted by Gasteiger charge is 2.23. The molecule has 8 nitrogen and oxygen atoms in total. The number of hydrogen-bond donors (Lipinski definition) is 2. The molecule has 3 aromatic carbocycles. The lowest BCUT2D eigenvalue weighted by Gasteiger charge is -2.06. The van der Waals surface area contributed by atoms with E-state index in [0.29, 0.717) is 52.3 Å². The van der Waals surface area contributed by atoms with Crippen molar-refractivity contribution in [3.05, 3.63) is 102 Å². The number of aromatic nitrogens is 8. The molecular weight excluding hydrogens is 508 g/mol. The van der Waals surface area contributed by atoms with E-state index < -0.39 is 0 Å².